The zero-order valence-electron chi connectivity index (χ0n) is 5.91. The Balaban J connectivity index is 3.51. The number of carbonyl (C=O) groups excluding carboxylic acids is 1. The van der Waals surface area contributed by atoms with E-state index in [1.807, 2.05) is 0 Å². The Morgan fingerprint density at radius 3 is 2.90 bits per heavy atom. The number of rotatable bonds is 4. The number of amides is 1. The summed E-state index contributed by atoms with van der Waals surface area (Å²) in [5.41, 5.74) is 0. The average molecular weight is 177 g/mol. The summed E-state index contributed by atoms with van der Waals surface area (Å²) in [6.07, 6.45) is 1.31. The Morgan fingerprint density at radius 1 is 1.90 bits per heavy atom. The maximum atomic E-state index is 10.8. The number of hydrogen-bond donors (Lipinski definition) is 1. The first-order valence-corrected chi connectivity index (χ1v) is 4.90. The summed E-state index contributed by atoms with van der Waals surface area (Å²) in [7, 11) is 3.17. The summed E-state index contributed by atoms with van der Waals surface area (Å²) >= 11 is 3.95. The molecule has 0 aromatic heterocycles. The van der Waals surface area contributed by atoms with E-state index in [0.29, 0.717) is 0 Å². The molecule has 0 saturated heterocycles. The maximum absolute atomic E-state index is 10.8. The lowest BCUT2D eigenvalue weighted by Crippen LogP contribution is -2.26. The highest BCUT2D eigenvalue weighted by molar-refractivity contribution is 8.68. The summed E-state index contributed by atoms with van der Waals surface area (Å²) in [6, 6.07) is 0. The molecule has 2 nitrogen and oxygen atoms in total. The highest BCUT2D eigenvalue weighted by atomic mass is 33.1. The molecule has 0 spiro atoms. The minimum Gasteiger partial charge on any atom is -0.341 e. The Labute approximate surface area is 70.5 Å². The third-order valence-electron chi connectivity index (χ3n) is 1.07. The van der Waals surface area contributed by atoms with Gasteiger partial charge in [-0.3, -0.25) is 4.79 Å². The molecule has 1 amide bonds. The molecule has 0 aromatic carbocycles. The Bertz CT molecular complexity index is 127. The third-order valence-corrected chi connectivity index (χ3v) is 1.98. The van der Waals surface area contributed by atoms with E-state index in [1.54, 1.807) is 11.9 Å². The van der Waals surface area contributed by atoms with Crippen molar-refractivity contribution in [2.45, 2.75) is 0 Å². The van der Waals surface area contributed by atoms with E-state index in [0.717, 1.165) is 12.3 Å². The van der Waals surface area contributed by atoms with E-state index in [-0.39, 0.29) is 5.91 Å². The summed E-state index contributed by atoms with van der Waals surface area (Å²) in [4.78, 5) is 12.4. The first-order valence-electron chi connectivity index (χ1n) is 2.86. The second-order valence-electron chi connectivity index (χ2n) is 1.80. The molecule has 58 valence electrons. The Morgan fingerprint density at radius 2 is 2.50 bits per heavy atom. The molecule has 0 N–H and O–H groups in total. The number of thiol groups is 1. The van der Waals surface area contributed by atoms with Gasteiger partial charge in [0.2, 0.25) is 5.91 Å². The molecule has 0 aliphatic heterocycles. The molecule has 0 aromatic rings. The van der Waals surface area contributed by atoms with Gasteiger partial charge in [-0.2, -0.15) is 0 Å². The lowest BCUT2D eigenvalue weighted by Gasteiger charge is -2.12. The second kappa shape index (κ2) is 5.68. The van der Waals surface area contributed by atoms with Crippen molar-refractivity contribution >= 4 is 28.4 Å². The fourth-order valence-electron chi connectivity index (χ4n) is 0.444. The van der Waals surface area contributed by atoms with Crippen LogP contribution in [0.15, 0.2) is 12.7 Å². The van der Waals surface area contributed by atoms with Crippen molar-refractivity contribution in [2.75, 3.05) is 19.3 Å². The first-order chi connectivity index (χ1) is 4.72. The monoisotopic (exact) mass is 177 g/mol. The predicted molar refractivity (Wildman–Crippen MR) is 49.3 cm³/mol. The summed E-state index contributed by atoms with van der Waals surface area (Å²) in [5, 5.41) is 0. The molecule has 0 aliphatic rings. The number of likely N-dealkylation sites (N-methyl/N-ethyl adjacent to an activating group) is 1. The summed E-state index contributed by atoms with van der Waals surface area (Å²) < 4.78 is 0. The Hall–Kier alpha value is -0.0900. The van der Waals surface area contributed by atoms with Crippen molar-refractivity contribution in [3.63, 3.8) is 0 Å². The van der Waals surface area contributed by atoms with Gasteiger partial charge in [0.05, 0.1) is 0 Å². The topological polar surface area (TPSA) is 20.3 Å². The molecule has 0 atom stereocenters. The van der Waals surface area contributed by atoms with Crippen molar-refractivity contribution in [1.29, 1.82) is 0 Å². The molecule has 0 radical (unpaired) electrons. The van der Waals surface area contributed by atoms with E-state index < -0.39 is 0 Å². The normalized spacial score (nSPS) is 9.00. The lowest BCUT2D eigenvalue weighted by molar-refractivity contribution is -0.124. The fourth-order valence-corrected chi connectivity index (χ4v) is 1.04. The van der Waals surface area contributed by atoms with Crippen LogP contribution < -0.4 is 0 Å². The van der Waals surface area contributed by atoms with Gasteiger partial charge in [-0.25, -0.2) is 0 Å². The third kappa shape index (κ3) is 3.85. The van der Waals surface area contributed by atoms with Crippen LogP contribution in [0.4, 0.5) is 0 Å². The van der Waals surface area contributed by atoms with Crippen LogP contribution in [0.1, 0.15) is 0 Å². The minimum atomic E-state index is -0.0395. The number of hydrogen-bond acceptors (Lipinski definition) is 3. The predicted octanol–water partition coefficient (Wildman–Crippen LogP) is 1.21. The van der Waals surface area contributed by atoms with E-state index in [9.17, 15) is 4.79 Å². The highest BCUT2D eigenvalue weighted by Crippen LogP contribution is 2.03. The molecule has 0 aliphatic carbocycles. The van der Waals surface area contributed by atoms with Crippen LogP contribution in [0.2, 0.25) is 0 Å². The summed E-state index contributed by atoms with van der Waals surface area (Å²) in [6.45, 7) is 4.09. The standard InChI is InChI=1S/C6H11NOS2/c1-3-6(8)7(2)4-5-10-9/h3,9H,1,4-5H2,2H3. The fraction of sp³-hybridized carbons (Fsp3) is 0.500. The van der Waals surface area contributed by atoms with Crippen molar-refractivity contribution < 1.29 is 4.79 Å². The molecule has 10 heavy (non-hydrogen) atoms. The smallest absolute Gasteiger partial charge is 0.245 e. The number of nitrogens with zero attached hydrogens (tertiary/aromatic N) is 1. The largest absolute Gasteiger partial charge is 0.341 e. The zero-order chi connectivity index (χ0) is 7.98. The van der Waals surface area contributed by atoms with E-state index in [2.05, 4.69) is 18.2 Å². The van der Waals surface area contributed by atoms with Gasteiger partial charge in [0.25, 0.3) is 0 Å². The molecule has 0 saturated carbocycles. The second-order valence-corrected chi connectivity index (χ2v) is 3.24. The molecule has 0 bridgehead atoms. The van der Waals surface area contributed by atoms with Gasteiger partial charge in [0, 0.05) is 19.3 Å². The molecule has 4 heteroatoms. The van der Waals surface area contributed by atoms with Crippen LogP contribution in [0.3, 0.4) is 0 Å². The van der Waals surface area contributed by atoms with Crippen LogP contribution in [0.5, 0.6) is 0 Å². The van der Waals surface area contributed by atoms with Crippen LogP contribution in [0.25, 0.3) is 0 Å². The summed E-state index contributed by atoms with van der Waals surface area (Å²) in [5.74, 6) is 0.807. The van der Waals surface area contributed by atoms with Gasteiger partial charge in [0.1, 0.15) is 0 Å². The molecule has 0 unspecified atom stereocenters. The van der Waals surface area contributed by atoms with Crippen LogP contribution in [-0.2, 0) is 4.79 Å². The van der Waals surface area contributed by atoms with E-state index in [1.165, 1.54) is 16.9 Å². The van der Waals surface area contributed by atoms with Crippen LogP contribution >= 0.6 is 22.5 Å². The van der Waals surface area contributed by atoms with E-state index >= 15 is 0 Å². The zero-order valence-corrected chi connectivity index (χ0v) is 7.62. The van der Waals surface area contributed by atoms with Crippen molar-refractivity contribution in [3.8, 4) is 0 Å². The number of carbonyl (C=O) groups is 1. The first kappa shape index (κ1) is 9.91. The maximum Gasteiger partial charge on any atom is 0.245 e. The van der Waals surface area contributed by atoms with Crippen molar-refractivity contribution in [1.82, 2.24) is 4.90 Å². The average Bonchev–Trinajstić information content (AvgIpc) is 1.98. The molecular formula is C6H11NOS2. The minimum absolute atomic E-state index is 0.0395. The van der Waals surface area contributed by atoms with Gasteiger partial charge < -0.3 is 4.90 Å². The van der Waals surface area contributed by atoms with Crippen LogP contribution in [0, 0.1) is 0 Å². The van der Waals surface area contributed by atoms with Crippen molar-refractivity contribution in [2.24, 2.45) is 0 Å². The van der Waals surface area contributed by atoms with Gasteiger partial charge >= 0.3 is 0 Å². The van der Waals surface area contributed by atoms with Gasteiger partial charge in [-0.1, -0.05) is 17.4 Å². The van der Waals surface area contributed by atoms with Gasteiger partial charge in [-0.05, 0) is 6.08 Å². The Kier molecular flexibility index (Phi) is 5.63. The molecule has 0 fully saturated rings. The molecule has 0 rings (SSSR count). The SMILES string of the molecule is C=CC(=O)N(C)CCSS. The van der Waals surface area contributed by atoms with Crippen LogP contribution in [-0.4, -0.2) is 30.2 Å². The van der Waals surface area contributed by atoms with E-state index in [4.69, 9.17) is 0 Å². The molecular weight excluding hydrogens is 166 g/mol. The van der Waals surface area contributed by atoms with Crippen molar-refractivity contribution in [3.05, 3.63) is 12.7 Å². The van der Waals surface area contributed by atoms with Gasteiger partial charge in [-0.15, -0.1) is 11.7 Å². The highest BCUT2D eigenvalue weighted by Gasteiger charge is 2.01. The molecule has 0 heterocycles. The quantitative estimate of drug-likeness (QED) is 0.396. The lowest BCUT2D eigenvalue weighted by atomic mass is 10.5. The van der Waals surface area contributed by atoms with Gasteiger partial charge in [0.15, 0.2) is 0 Å².